The fourth-order valence-electron chi connectivity index (χ4n) is 2.30. The molecule has 1 unspecified atom stereocenters. The summed E-state index contributed by atoms with van der Waals surface area (Å²) in [4.78, 5) is 0. The molecule has 0 saturated heterocycles. The molecule has 0 saturated carbocycles. The average molecular weight is 295 g/mol. The van der Waals surface area contributed by atoms with Crippen LogP contribution in [0.4, 0.5) is 0 Å². The summed E-state index contributed by atoms with van der Waals surface area (Å²) in [6, 6.07) is 6.24. The summed E-state index contributed by atoms with van der Waals surface area (Å²) >= 11 is 0. The molecule has 1 aromatic carbocycles. The van der Waals surface area contributed by atoms with Crippen molar-refractivity contribution in [3.63, 3.8) is 0 Å². The molecule has 0 aliphatic carbocycles. The van der Waals surface area contributed by atoms with Gasteiger partial charge in [-0.15, -0.1) is 0 Å². The standard InChI is InChI=1S/C16H25NO4/c1-3-17-14(12-19-8-4-7-18-2)13-5-6-15-16(11-13)21-10-9-20-15/h5-6,11,14,17H,3-4,7-10,12H2,1-2H3. The van der Waals surface area contributed by atoms with Crippen LogP contribution >= 0.6 is 0 Å². The molecular weight excluding hydrogens is 270 g/mol. The average Bonchev–Trinajstić information content (AvgIpc) is 2.53. The predicted molar refractivity (Wildman–Crippen MR) is 81.2 cm³/mol. The lowest BCUT2D eigenvalue weighted by Gasteiger charge is -2.22. The van der Waals surface area contributed by atoms with E-state index in [0.717, 1.165) is 36.6 Å². The van der Waals surface area contributed by atoms with Gasteiger partial charge in [0.2, 0.25) is 0 Å². The number of rotatable bonds is 9. The number of benzene rings is 1. The summed E-state index contributed by atoms with van der Waals surface area (Å²) in [7, 11) is 1.70. The second-order valence-electron chi connectivity index (χ2n) is 4.93. The molecule has 5 heteroatoms. The molecule has 1 atom stereocenters. The minimum Gasteiger partial charge on any atom is -0.486 e. The van der Waals surface area contributed by atoms with Gasteiger partial charge in [-0.1, -0.05) is 13.0 Å². The Bertz CT molecular complexity index is 425. The highest BCUT2D eigenvalue weighted by Gasteiger charge is 2.16. The van der Waals surface area contributed by atoms with Gasteiger partial charge < -0.3 is 24.3 Å². The fraction of sp³-hybridized carbons (Fsp3) is 0.625. The van der Waals surface area contributed by atoms with Crippen molar-refractivity contribution in [3.8, 4) is 11.5 Å². The molecule has 5 nitrogen and oxygen atoms in total. The van der Waals surface area contributed by atoms with Crippen LogP contribution in [0.25, 0.3) is 0 Å². The molecule has 0 amide bonds. The van der Waals surface area contributed by atoms with Crippen LogP contribution in [-0.2, 0) is 9.47 Å². The van der Waals surface area contributed by atoms with Crippen LogP contribution in [0.3, 0.4) is 0 Å². The molecule has 1 heterocycles. The van der Waals surface area contributed by atoms with Crippen molar-refractivity contribution in [3.05, 3.63) is 23.8 Å². The van der Waals surface area contributed by atoms with E-state index in [2.05, 4.69) is 18.3 Å². The first kappa shape index (κ1) is 16.1. The summed E-state index contributed by atoms with van der Waals surface area (Å²) in [6.07, 6.45) is 0.913. The molecule has 0 bridgehead atoms. The van der Waals surface area contributed by atoms with Crippen molar-refractivity contribution in [1.29, 1.82) is 0 Å². The molecule has 118 valence electrons. The van der Waals surface area contributed by atoms with Crippen LogP contribution in [0, 0.1) is 0 Å². The lowest BCUT2D eigenvalue weighted by molar-refractivity contribution is 0.0876. The molecule has 0 spiro atoms. The van der Waals surface area contributed by atoms with Gasteiger partial charge in [0.1, 0.15) is 13.2 Å². The Morgan fingerprint density at radius 1 is 1.19 bits per heavy atom. The normalized spacial score (nSPS) is 15.0. The molecule has 1 aliphatic rings. The van der Waals surface area contributed by atoms with Gasteiger partial charge >= 0.3 is 0 Å². The zero-order valence-corrected chi connectivity index (χ0v) is 12.9. The Morgan fingerprint density at radius 3 is 2.76 bits per heavy atom. The molecule has 1 N–H and O–H groups in total. The van der Waals surface area contributed by atoms with Gasteiger partial charge in [-0.3, -0.25) is 0 Å². The largest absolute Gasteiger partial charge is 0.486 e. The van der Waals surface area contributed by atoms with Crippen LogP contribution in [0.5, 0.6) is 11.5 Å². The van der Waals surface area contributed by atoms with E-state index in [1.54, 1.807) is 7.11 Å². The van der Waals surface area contributed by atoms with Gasteiger partial charge in [-0.2, -0.15) is 0 Å². The molecule has 1 aliphatic heterocycles. The van der Waals surface area contributed by atoms with E-state index in [4.69, 9.17) is 18.9 Å². The SMILES string of the molecule is CCNC(COCCCOC)c1ccc2c(c1)OCCO2. The Labute approximate surface area is 126 Å². The number of ether oxygens (including phenoxy) is 4. The van der Waals surface area contributed by atoms with E-state index in [-0.39, 0.29) is 6.04 Å². The highest BCUT2D eigenvalue weighted by atomic mass is 16.6. The second kappa shape index (κ2) is 8.87. The Kier molecular flexibility index (Phi) is 6.79. The van der Waals surface area contributed by atoms with Gasteiger partial charge in [0.05, 0.1) is 12.6 Å². The molecule has 1 aromatic rings. The Hall–Kier alpha value is -1.30. The maximum atomic E-state index is 5.73. The lowest BCUT2D eigenvalue weighted by atomic mass is 10.1. The minimum absolute atomic E-state index is 0.161. The van der Waals surface area contributed by atoms with Gasteiger partial charge in [-0.05, 0) is 30.7 Å². The van der Waals surface area contributed by atoms with E-state index in [1.807, 2.05) is 12.1 Å². The maximum absolute atomic E-state index is 5.73. The van der Waals surface area contributed by atoms with E-state index in [0.29, 0.717) is 26.4 Å². The first-order chi connectivity index (χ1) is 10.3. The van der Waals surface area contributed by atoms with E-state index >= 15 is 0 Å². The first-order valence-corrected chi connectivity index (χ1v) is 7.54. The van der Waals surface area contributed by atoms with Crippen LogP contribution in [-0.4, -0.2) is 46.7 Å². The third-order valence-electron chi connectivity index (χ3n) is 3.34. The van der Waals surface area contributed by atoms with Crippen LogP contribution in [0.1, 0.15) is 24.9 Å². The summed E-state index contributed by atoms with van der Waals surface area (Å²) in [5.41, 5.74) is 1.16. The summed E-state index contributed by atoms with van der Waals surface area (Å²) in [5.74, 6) is 1.64. The molecule has 21 heavy (non-hydrogen) atoms. The highest BCUT2D eigenvalue weighted by Crippen LogP contribution is 2.32. The van der Waals surface area contributed by atoms with Crippen LogP contribution in [0.2, 0.25) is 0 Å². The van der Waals surface area contributed by atoms with Gasteiger partial charge in [0.25, 0.3) is 0 Å². The summed E-state index contributed by atoms with van der Waals surface area (Å²) in [5, 5.41) is 3.44. The van der Waals surface area contributed by atoms with E-state index in [1.165, 1.54) is 0 Å². The van der Waals surface area contributed by atoms with Crippen molar-refractivity contribution in [1.82, 2.24) is 5.32 Å². The number of likely N-dealkylation sites (N-methyl/N-ethyl adjacent to an activating group) is 1. The summed E-state index contributed by atoms with van der Waals surface area (Å²) in [6.45, 7) is 6.28. The number of nitrogens with one attached hydrogen (secondary N) is 1. The number of methoxy groups -OCH3 is 1. The van der Waals surface area contributed by atoms with Crippen molar-refractivity contribution >= 4 is 0 Å². The van der Waals surface area contributed by atoms with Gasteiger partial charge in [0, 0.05) is 20.3 Å². The fourth-order valence-corrected chi connectivity index (χ4v) is 2.30. The minimum atomic E-state index is 0.161. The maximum Gasteiger partial charge on any atom is 0.161 e. The number of hydrogen-bond acceptors (Lipinski definition) is 5. The topological polar surface area (TPSA) is 49.0 Å². The molecule has 2 rings (SSSR count). The number of hydrogen-bond donors (Lipinski definition) is 1. The van der Waals surface area contributed by atoms with E-state index in [9.17, 15) is 0 Å². The van der Waals surface area contributed by atoms with Crippen molar-refractivity contribution < 1.29 is 18.9 Å². The zero-order valence-electron chi connectivity index (χ0n) is 12.9. The Morgan fingerprint density at radius 2 is 2.00 bits per heavy atom. The zero-order chi connectivity index (χ0) is 14.9. The van der Waals surface area contributed by atoms with Crippen molar-refractivity contribution in [2.45, 2.75) is 19.4 Å². The molecular formula is C16H25NO4. The summed E-state index contributed by atoms with van der Waals surface area (Å²) < 4.78 is 21.9. The number of fused-ring (bicyclic) bond motifs is 1. The highest BCUT2D eigenvalue weighted by molar-refractivity contribution is 5.44. The van der Waals surface area contributed by atoms with Crippen LogP contribution in [0.15, 0.2) is 18.2 Å². The third-order valence-corrected chi connectivity index (χ3v) is 3.34. The van der Waals surface area contributed by atoms with Crippen molar-refractivity contribution in [2.24, 2.45) is 0 Å². The molecule has 0 fully saturated rings. The van der Waals surface area contributed by atoms with Crippen LogP contribution < -0.4 is 14.8 Å². The van der Waals surface area contributed by atoms with Gasteiger partial charge in [-0.25, -0.2) is 0 Å². The van der Waals surface area contributed by atoms with E-state index < -0.39 is 0 Å². The third kappa shape index (κ3) is 4.88. The molecule has 0 aromatic heterocycles. The lowest BCUT2D eigenvalue weighted by Crippen LogP contribution is -2.26. The quantitative estimate of drug-likeness (QED) is 0.708. The smallest absolute Gasteiger partial charge is 0.161 e. The Balaban J connectivity index is 1.93. The second-order valence-corrected chi connectivity index (χ2v) is 4.93. The molecule has 0 radical (unpaired) electrons. The monoisotopic (exact) mass is 295 g/mol. The van der Waals surface area contributed by atoms with Crippen molar-refractivity contribution in [2.75, 3.05) is 46.7 Å². The van der Waals surface area contributed by atoms with Gasteiger partial charge in [0.15, 0.2) is 11.5 Å². The first-order valence-electron chi connectivity index (χ1n) is 7.54. The predicted octanol–water partition coefficient (Wildman–Crippen LogP) is 2.16.